The number of ether oxygens (including phenoxy) is 4. The number of nitrogens with one attached hydrogen (secondary N) is 2. The van der Waals surface area contributed by atoms with Crippen molar-refractivity contribution in [2.24, 2.45) is 5.92 Å². The molecule has 0 unspecified atom stereocenters. The molecule has 1 fully saturated rings. The maximum Gasteiger partial charge on any atom is 0.337 e. The minimum absolute atomic E-state index is 0.0507. The molecule has 0 amide bonds. The molecule has 11 heteroatoms. The Morgan fingerprint density at radius 3 is 2.75 bits per heavy atom. The van der Waals surface area contributed by atoms with Crippen LogP contribution in [-0.2, 0) is 30.2 Å². The van der Waals surface area contributed by atoms with Crippen LogP contribution in [0.5, 0.6) is 0 Å². The first-order chi connectivity index (χ1) is 17.4. The van der Waals surface area contributed by atoms with Gasteiger partial charge in [-0.25, -0.2) is 4.79 Å². The highest BCUT2D eigenvalue weighted by Crippen LogP contribution is 2.38. The van der Waals surface area contributed by atoms with Crippen LogP contribution in [0.2, 0.25) is 0 Å². The summed E-state index contributed by atoms with van der Waals surface area (Å²) < 4.78 is 21.8. The number of hydrogen-bond acceptors (Lipinski definition) is 10. The van der Waals surface area contributed by atoms with E-state index in [4.69, 9.17) is 18.9 Å². The lowest BCUT2D eigenvalue weighted by molar-refractivity contribution is -0.334. The van der Waals surface area contributed by atoms with Gasteiger partial charge in [-0.1, -0.05) is 18.2 Å². The number of aromatic nitrogens is 1. The number of carbonyl (C=O) groups is 1. The van der Waals surface area contributed by atoms with E-state index in [1.54, 1.807) is 0 Å². The molecule has 1 aromatic heterocycles. The van der Waals surface area contributed by atoms with Gasteiger partial charge in [-0.05, 0) is 31.0 Å². The Morgan fingerprint density at radius 2 is 1.97 bits per heavy atom. The number of aliphatic hydroxyl groups is 4. The summed E-state index contributed by atoms with van der Waals surface area (Å²) in [5.41, 5.74) is 3.79. The second-order valence-electron chi connectivity index (χ2n) is 9.45. The van der Waals surface area contributed by atoms with E-state index in [9.17, 15) is 25.2 Å². The molecule has 2 aromatic rings. The summed E-state index contributed by atoms with van der Waals surface area (Å²) in [7, 11) is 1.31. The van der Waals surface area contributed by atoms with E-state index in [-0.39, 0.29) is 18.4 Å². The summed E-state index contributed by atoms with van der Waals surface area (Å²) >= 11 is 0. The first-order valence-corrected chi connectivity index (χ1v) is 12.1. The molecule has 3 aliphatic rings. The second kappa shape index (κ2) is 10.5. The highest BCUT2D eigenvalue weighted by molar-refractivity contribution is 5.89. The standard InChI is InChI=1S/C25H32N2O9/c1-33-24(32)15-11-34-19(36-25-23(31)22(30)21(29)18(10-28)35-25)9-12(15)8-17-20-14(6-7-26-17)13-4-2-3-5-16(13)27-20/h2-5,11-12,17-19,21-23,25-31H,6-10H2,1H3/t12-,17-,18+,19-,21+,22-,23+,25-/m0/s1. The third-order valence-electron chi connectivity index (χ3n) is 7.30. The smallest absolute Gasteiger partial charge is 0.337 e. The molecular weight excluding hydrogens is 472 g/mol. The van der Waals surface area contributed by atoms with E-state index < -0.39 is 49.6 Å². The Labute approximate surface area is 207 Å². The Bertz CT molecular complexity index is 1120. The summed E-state index contributed by atoms with van der Waals surface area (Å²) in [6.07, 6.45) is -4.93. The van der Waals surface area contributed by atoms with E-state index >= 15 is 0 Å². The molecule has 1 saturated heterocycles. The van der Waals surface area contributed by atoms with Crippen molar-refractivity contribution in [3.63, 3.8) is 0 Å². The number of para-hydroxylation sites is 1. The Hall–Kier alpha value is -2.51. The van der Waals surface area contributed by atoms with Crippen LogP contribution in [0.25, 0.3) is 10.9 Å². The summed E-state index contributed by atoms with van der Waals surface area (Å²) in [5, 5.41) is 44.6. The first-order valence-electron chi connectivity index (χ1n) is 12.1. The van der Waals surface area contributed by atoms with Gasteiger partial charge in [-0.3, -0.25) is 0 Å². The maximum absolute atomic E-state index is 12.5. The number of H-pyrrole nitrogens is 1. The number of aliphatic hydroxyl groups excluding tert-OH is 4. The number of carbonyl (C=O) groups excluding carboxylic acids is 1. The minimum Gasteiger partial charge on any atom is -0.472 e. The SMILES string of the molecule is COC(=O)C1=CO[C@@H](O[C@@H]2O[C@H](CO)[C@@H](O)[C@H](O)[C@H]2O)C[C@@H]1C[C@@H]1NCCc2c1[nH]c1ccccc21. The quantitative estimate of drug-likeness (QED) is 0.295. The van der Waals surface area contributed by atoms with Crippen LogP contribution in [0.15, 0.2) is 36.1 Å². The van der Waals surface area contributed by atoms with Crippen molar-refractivity contribution in [2.75, 3.05) is 20.3 Å². The molecule has 0 saturated carbocycles. The Balaban J connectivity index is 1.35. The molecule has 196 valence electrons. The normalized spacial score (nSPS) is 34.5. The lowest BCUT2D eigenvalue weighted by Gasteiger charge is -2.41. The number of methoxy groups -OCH3 is 1. The van der Waals surface area contributed by atoms with Crippen LogP contribution in [0.4, 0.5) is 0 Å². The van der Waals surface area contributed by atoms with E-state index in [2.05, 4.69) is 16.4 Å². The van der Waals surface area contributed by atoms with Gasteiger partial charge >= 0.3 is 5.97 Å². The predicted octanol–water partition coefficient (Wildman–Crippen LogP) is -0.0192. The summed E-state index contributed by atoms with van der Waals surface area (Å²) in [6, 6.07) is 8.11. The molecule has 0 spiro atoms. The summed E-state index contributed by atoms with van der Waals surface area (Å²) in [5.74, 6) is -0.810. The van der Waals surface area contributed by atoms with Crippen LogP contribution >= 0.6 is 0 Å². The molecule has 0 bridgehead atoms. The zero-order valence-corrected chi connectivity index (χ0v) is 19.9. The number of rotatable bonds is 6. The predicted molar refractivity (Wildman–Crippen MR) is 125 cm³/mol. The van der Waals surface area contributed by atoms with Gasteiger partial charge in [-0.2, -0.15) is 0 Å². The number of hydrogen-bond donors (Lipinski definition) is 6. The van der Waals surface area contributed by atoms with E-state index in [1.807, 2.05) is 18.2 Å². The van der Waals surface area contributed by atoms with Gasteiger partial charge in [0.1, 0.15) is 24.4 Å². The molecule has 0 aliphatic carbocycles. The van der Waals surface area contributed by atoms with Gasteiger partial charge in [0.25, 0.3) is 0 Å². The third kappa shape index (κ3) is 4.63. The van der Waals surface area contributed by atoms with Crippen molar-refractivity contribution in [3.8, 4) is 0 Å². The second-order valence-corrected chi connectivity index (χ2v) is 9.45. The number of benzene rings is 1. The zero-order valence-electron chi connectivity index (χ0n) is 19.9. The topological polar surface area (TPSA) is 163 Å². The Kier molecular flexibility index (Phi) is 7.31. The van der Waals surface area contributed by atoms with Crippen molar-refractivity contribution in [3.05, 3.63) is 47.4 Å². The molecular formula is C25H32N2O9. The molecule has 11 nitrogen and oxygen atoms in total. The molecule has 3 aliphatic heterocycles. The van der Waals surface area contributed by atoms with Crippen molar-refractivity contribution in [1.29, 1.82) is 0 Å². The minimum atomic E-state index is -1.56. The fourth-order valence-corrected chi connectivity index (χ4v) is 5.38. The molecule has 6 N–H and O–H groups in total. The largest absolute Gasteiger partial charge is 0.472 e. The highest BCUT2D eigenvalue weighted by Gasteiger charge is 2.46. The molecule has 0 radical (unpaired) electrons. The molecule has 8 atom stereocenters. The van der Waals surface area contributed by atoms with Gasteiger partial charge in [0.05, 0.1) is 25.6 Å². The highest BCUT2D eigenvalue weighted by atomic mass is 16.8. The van der Waals surface area contributed by atoms with Crippen LogP contribution in [-0.4, -0.2) is 88.6 Å². The maximum atomic E-state index is 12.5. The van der Waals surface area contributed by atoms with Gasteiger partial charge in [0.2, 0.25) is 6.29 Å². The molecule has 36 heavy (non-hydrogen) atoms. The van der Waals surface area contributed by atoms with Gasteiger partial charge in [-0.15, -0.1) is 0 Å². The monoisotopic (exact) mass is 504 g/mol. The number of esters is 1. The van der Waals surface area contributed by atoms with Gasteiger partial charge < -0.3 is 49.7 Å². The van der Waals surface area contributed by atoms with Crippen LogP contribution < -0.4 is 5.32 Å². The molecule has 5 rings (SSSR count). The van der Waals surface area contributed by atoms with Crippen molar-refractivity contribution < 1.29 is 44.2 Å². The zero-order chi connectivity index (χ0) is 25.4. The lowest BCUT2D eigenvalue weighted by Crippen LogP contribution is -2.59. The summed E-state index contributed by atoms with van der Waals surface area (Å²) in [6.45, 7) is 0.232. The molecule has 1 aromatic carbocycles. The number of fused-ring (bicyclic) bond motifs is 3. The lowest BCUT2D eigenvalue weighted by atomic mass is 9.85. The van der Waals surface area contributed by atoms with Crippen LogP contribution in [0.3, 0.4) is 0 Å². The van der Waals surface area contributed by atoms with Crippen LogP contribution in [0.1, 0.15) is 30.1 Å². The van der Waals surface area contributed by atoms with Gasteiger partial charge in [0, 0.05) is 35.0 Å². The number of aromatic amines is 1. The summed E-state index contributed by atoms with van der Waals surface area (Å²) in [4.78, 5) is 16.1. The van der Waals surface area contributed by atoms with Gasteiger partial charge in [0.15, 0.2) is 6.29 Å². The fourth-order valence-electron chi connectivity index (χ4n) is 5.38. The van der Waals surface area contributed by atoms with Crippen LogP contribution in [0, 0.1) is 5.92 Å². The van der Waals surface area contributed by atoms with Crippen molar-refractivity contribution >= 4 is 16.9 Å². The van der Waals surface area contributed by atoms with E-state index in [0.29, 0.717) is 12.0 Å². The van der Waals surface area contributed by atoms with Crippen molar-refractivity contribution in [1.82, 2.24) is 10.3 Å². The van der Waals surface area contributed by atoms with Crippen molar-refractivity contribution in [2.45, 2.75) is 62.3 Å². The van der Waals surface area contributed by atoms with E-state index in [0.717, 1.165) is 24.2 Å². The average Bonchev–Trinajstić information content (AvgIpc) is 3.28. The average molecular weight is 505 g/mol. The molecule has 4 heterocycles. The van der Waals surface area contributed by atoms with E-state index in [1.165, 1.54) is 24.3 Å². The first kappa shape index (κ1) is 25.2. The Morgan fingerprint density at radius 1 is 1.17 bits per heavy atom. The third-order valence-corrected chi connectivity index (χ3v) is 7.30. The fraction of sp³-hybridized carbons (Fsp3) is 0.560.